The Balaban J connectivity index is 2.23. The van der Waals surface area contributed by atoms with Crippen LogP contribution in [0.15, 0.2) is 30.5 Å². The van der Waals surface area contributed by atoms with Crippen molar-refractivity contribution >= 4 is 17.5 Å². The Labute approximate surface area is 117 Å². The van der Waals surface area contributed by atoms with Crippen LogP contribution in [0.1, 0.15) is 13.3 Å². The third-order valence-electron chi connectivity index (χ3n) is 2.64. The number of anilines is 3. The molecule has 1 aromatic heterocycles. The number of para-hydroxylation sites is 2. The van der Waals surface area contributed by atoms with Gasteiger partial charge in [0.25, 0.3) is 0 Å². The van der Waals surface area contributed by atoms with Crippen molar-refractivity contribution in [2.75, 3.05) is 24.3 Å². The van der Waals surface area contributed by atoms with Gasteiger partial charge in [0, 0.05) is 6.54 Å². The van der Waals surface area contributed by atoms with Gasteiger partial charge in [0.1, 0.15) is 5.75 Å². The van der Waals surface area contributed by atoms with E-state index in [0.717, 1.165) is 19.2 Å². The van der Waals surface area contributed by atoms with Crippen molar-refractivity contribution in [2.24, 2.45) is 0 Å². The van der Waals surface area contributed by atoms with E-state index in [0.29, 0.717) is 17.4 Å². The molecule has 5 nitrogen and oxygen atoms in total. The molecule has 0 aliphatic heterocycles. The lowest BCUT2D eigenvalue weighted by atomic mass is 10.3. The molecule has 2 aromatic rings. The Kier molecular flexibility index (Phi) is 4.70. The molecular formula is C14H17FN4O. The Morgan fingerprint density at radius 3 is 2.85 bits per heavy atom. The minimum Gasteiger partial charge on any atom is -0.495 e. The number of benzene rings is 1. The smallest absolute Gasteiger partial charge is 0.224 e. The first kappa shape index (κ1) is 14.0. The maximum absolute atomic E-state index is 13.8. The molecule has 1 heterocycles. The van der Waals surface area contributed by atoms with Crippen molar-refractivity contribution in [1.29, 1.82) is 0 Å². The summed E-state index contributed by atoms with van der Waals surface area (Å²) < 4.78 is 19.0. The molecule has 0 atom stereocenters. The zero-order valence-corrected chi connectivity index (χ0v) is 11.5. The summed E-state index contributed by atoms with van der Waals surface area (Å²) in [5.41, 5.74) is 0.647. The van der Waals surface area contributed by atoms with Crippen molar-refractivity contribution in [3.05, 3.63) is 36.3 Å². The quantitative estimate of drug-likeness (QED) is 0.848. The van der Waals surface area contributed by atoms with Gasteiger partial charge in [0.2, 0.25) is 5.95 Å². The summed E-state index contributed by atoms with van der Waals surface area (Å²) in [5.74, 6) is 0.611. The molecule has 0 spiro atoms. The van der Waals surface area contributed by atoms with Crippen LogP contribution >= 0.6 is 0 Å². The molecule has 0 aliphatic carbocycles. The molecule has 2 N–H and O–H groups in total. The first-order valence-corrected chi connectivity index (χ1v) is 6.41. The predicted molar refractivity (Wildman–Crippen MR) is 77.0 cm³/mol. The predicted octanol–water partition coefficient (Wildman–Crippen LogP) is 3.19. The fourth-order valence-electron chi connectivity index (χ4n) is 1.65. The van der Waals surface area contributed by atoms with Crippen LogP contribution in [-0.4, -0.2) is 23.6 Å². The number of ether oxygens (including phenoxy) is 1. The number of methoxy groups -OCH3 is 1. The minimum atomic E-state index is -0.516. The topological polar surface area (TPSA) is 59.1 Å². The van der Waals surface area contributed by atoms with Gasteiger partial charge in [-0.3, -0.25) is 0 Å². The Hall–Kier alpha value is -2.37. The van der Waals surface area contributed by atoms with Crippen molar-refractivity contribution < 1.29 is 9.13 Å². The summed E-state index contributed by atoms with van der Waals surface area (Å²) in [6.07, 6.45) is 2.08. The van der Waals surface area contributed by atoms with Crippen LogP contribution in [0.4, 0.5) is 21.8 Å². The Morgan fingerprint density at radius 2 is 2.10 bits per heavy atom. The van der Waals surface area contributed by atoms with Crippen molar-refractivity contribution in [1.82, 2.24) is 9.97 Å². The molecule has 0 saturated heterocycles. The normalized spacial score (nSPS) is 10.2. The number of aromatic nitrogens is 2. The van der Waals surface area contributed by atoms with E-state index in [2.05, 4.69) is 20.6 Å². The molecule has 6 heteroatoms. The maximum atomic E-state index is 13.8. The van der Waals surface area contributed by atoms with Crippen molar-refractivity contribution in [2.45, 2.75) is 13.3 Å². The standard InChI is InChI=1S/C14H17FN4O/c1-3-8-16-14-17-9-10(15)13(19-14)18-11-6-4-5-7-12(11)20-2/h4-7,9H,3,8H2,1-2H3,(H2,16,17,18,19). The SMILES string of the molecule is CCCNc1ncc(F)c(Nc2ccccc2OC)n1. The number of nitrogens with one attached hydrogen (secondary N) is 2. The van der Waals surface area contributed by atoms with Gasteiger partial charge in [-0.1, -0.05) is 19.1 Å². The first-order valence-electron chi connectivity index (χ1n) is 6.41. The molecule has 0 aliphatic rings. The second kappa shape index (κ2) is 6.70. The van der Waals surface area contributed by atoms with Crippen LogP contribution in [0.5, 0.6) is 5.75 Å². The van der Waals surface area contributed by atoms with Gasteiger partial charge >= 0.3 is 0 Å². The second-order valence-electron chi connectivity index (χ2n) is 4.14. The highest BCUT2D eigenvalue weighted by Gasteiger charge is 2.09. The molecular weight excluding hydrogens is 259 g/mol. The number of halogens is 1. The van der Waals surface area contributed by atoms with Crippen LogP contribution in [-0.2, 0) is 0 Å². The monoisotopic (exact) mass is 276 g/mol. The minimum absolute atomic E-state index is 0.114. The van der Waals surface area contributed by atoms with Gasteiger partial charge in [0.05, 0.1) is 19.0 Å². The highest BCUT2D eigenvalue weighted by molar-refractivity contribution is 5.64. The lowest BCUT2D eigenvalue weighted by Gasteiger charge is -2.11. The molecule has 1 aromatic carbocycles. The lowest BCUT2D eigenvalue weighted by Crippen LogP contribution is -2.07. The summed E-state index contributed by atoms with van der Waals surface area (Å²) >= 11 is 0. The van der Waals surface area contributed by atoms with E-state index in [1.807, 2.05) is 19.1 Å². The van der Waals surface area contributed by atoms with Crippen LogP contribution < -0.4 is 15.4 Å². The molecule has 0 saturated carbocycles. The van der Waals surface area contributed by atoms with E-state index in [-0.39, 0.29) is 5.82 Å². The third kappa shape index (κ3) is 3.34. The maximum Gasteiger partial charge on any atom is 0.224 e. The van der Waals surface area contributed by atoms with E-state index in [9.17, 15) is 4.39 Å². The highest BCUT2D eigenvalue weighted by Crippen LogP contribution is 2.27. The van der Waals surface area contributed by atoms with E-state index < -0.39 is 5.82 Å². The van der Waals surface area contributed by atoms with Crippen LogP contribution in [0.3, 0.4) is 0 Å². The van der Waals surface area contributed by atoms with Crippen molar-refractivity contribution in [3.8, 4) is 5.75 Å². The Bertz CT molecular complexity index is 577. The Morgan fingerprint density at radius 1 is 1.30 bits per heavy atom. The van der Waals surface area contributed by atoms with Crippen LogP contribution in [0.2, 0.25) is 0 Å². The summed E-state index contributed by atoms with van der Waals surface area (Å²) in [4.78, 5) is 8.01. The zero-order chi connectivity index (χ0) is 14.4. The van der Waals surface area contributed by atoms with Gasteiger partial charge in [-0.05, 0) is 18.6 Å². The molecule has 0 radical (unpaired) electrons. The van der Waals surface area contributed by atoms with E-state index >= 15 is 0 Å². The van der Waals surface area contributed by atoms with Crippen LogP contribution in [0, 0.1) is 5.82 Å². The summed E-state index contributed by atoms with van der Waals surface area (Å²) in [7, 11) is 1.56. The molecule has 20 heavy (non-hydrogen) atoms. The van der Waals surface area contributed by atoms with Gasteiger partial charge in [0.15, 0.2) is 11.6 Å². The number of hydrogen-bond acceptors (Lipinski definition) is 5. The second-order valence-corrected chi connectivity index (χ2v) is 4.14. The first-order chi connectivity index (χ1) is 9.74. The molecule has 0 amide bonds. The highest BCUT2D eigenvalue weighted by atomic mass is 19.1. The van der Waals surface area contributed by atoms with Gasteiger partial charge in [-0.2, -0.15) is 4.98 Å². The number of rotatable bonds is 6. The van der Waals surface area contributed by atoms with Gasteiger partial charge in [-0.25, -0.2) is 9.37 Å². The molecule has 0 fully saturated rings. The summed E-state index contributed by atoms with van der Waals surface area (Å²) in [6.45, 7) is 2.77. The molecule has 0 unspecified atom stereocenters. The van der Waals surface area contributed by atoms with Crippen molar-refractivity contribution in [3.63, 3.8) is 0 Å². The number of hydrogen-bond donors (Lipinski definition) is 2. The molecule has 0 bridgehead atoms. The van der Waals surface area contributed by atoms with Gasteiger partial charge in [-0.15, -0.1) is 0 Å². The summed E-state index contributed by atoms with van der Waals surface area (Å²) in [5, 5.41) is 5.93. The molecule has 106 valence electrons. The van der Waals surface area contributed by atoms with Crippen LogP contribution in [0.25, 0.3) is 0 Å². The fraction of sp³-hybridized carbons (Fsp3) is 0.286. The third-order valence-corrected chi connectivity index (χ3v) is 2.64. The lowest BCUT2D eigenvalue weighted by molar-refractivity contribution is 0.417. The van der Waals surface area contributed by atoms with E-state index in [1.54, 1.807) is 19.2 Å². The average molecular weight is 276 g/mol. The largest absolute Gasteiger partial charge is 0.495 e. The average Bonchev–Trinajstić information content (AvgIpc) is 2.48. The number of nitrogens with zero attached hydrogens (tertiary/aromatic N) is 2. The van der Waals surface area contributed by atoms with E-state index in [4.69, 9.17) is 4.74 Å². The zero-order valence-electron chi connectivity index (χ0n) is 11.5. The van der Waals surface area contributed by atoms with Gasteiger partial charge < -0.3 is 15.4 Å². The fourth-order valence-corrected chi connectivity index (χ4v) is 1.65. The summed E-state index contributed by atoms with van der Waals surface area (Å²) in [6, 6.07) is 7.26. The van der Waals surface area contributed by atoms with E-state index in [1.165, 1.54) is 0 Å². The molecule has 2 rings (SSSR count).